The van der Waals surface area contributed by atoms with Crippen LogP contribution in [0.1, 0.15) is 24.7 Å². The fourth-order valence-corrected chi connectivity index (χ4v) is 2.66. The van der Waals surface area contributed by atoms with Crippen molar-refractivity contribution in [2.75, 3.05) is 5.32 Å². The highest BCUT2D eigenvalue weighted by Crippen LogP contribution is 2.21. The second-order valence-corrected chi connectivity index (χ2v) is 5.68. The summed E-state index contributed by atoms with van der Waals surface area (Å²) in [5.41, 5.74) is 3.41. The van der Waals surface area contributed by atoms with Gasteiger partial charge in [0.15, 0.2) is 5.65 Å². The summed E-state index contributed by atoms with van der Waals surface area (Å²) in [5, 5.41) is 16.3. The van der Waals surface area contributed by atoms with Crippen LogP contribution in [0, 0.1) is 0 Å². The smallest absolute Gasteiger partial charge is 0.163 e. The van der Waals surface area contributed by atoms with E-state index in [1.54, 1.807) is 10.9 Å². The lowest BCUT2D eigenvalue weighted by molar-refractivity contribution is 0.315. The Bertz CT molecular complexity index is 1000. The third kappa shape index (κ3) is 2.55. The van der Waals surface area contributed by atoms with Gasteiger partial charge in [-0.3, -0.25) is 4.68 Å². The molecule has 0 saturated heterocycles. The Morgan fingerprint density at radius 2 is 2.04 bits per heavy atom. The fraction of sp³-hybridized carbons (Fsp3) is 0.312. The van der Waals surface area contributed by atoms with Gasteiger partial charge in [0.2, 0.25) is 0 Å². The SMILES string of the molecule is CCCc1nc(NCc2ccc3nonc3c2)c2cnn(C)c2n1. The standard InChI is InChI=1S/C16H17N7O/c1-3-4-14-19-15(11-9-18-23(2)16(11)20-14)17-8-10-5-6-12-13(7-10)22-24-21-12/h5-7,9H,3-4,8H2,1-2H3,(H,17,19,20). The lowest BCUT2D eigenvalue weighted by atomic mass is 10.2. The summed E-state index contributed by atoms with van der Waals surface area (Å²) < 4.78 is 6.51. The minimum Gasteiger partial charge on any atom is -0.365 e. The minimum absolute atomic E-state index is 0.620. The number of nitrogens with zero attached hydrogens (tertiary/aromatic N) is 6. The lowest BCUT2D eigenvalue weighted by Gasteiger charge is -2.09. The number of rotatable bonds is 5. The highest BCUT2D eigenvalue weighted by Gasteiger charge is 2.11. The number of hydrogen-bond acceptors (Lipinski definition) is 7. The van der Waals surface area contributed by atoms with Gasteiger partial charge in [-0.05, 0) is 34.4 Å². The number of hydrogen-bond donors (Lipinski definition) is 1. The summed E-state index contributed by atoms with van der Waals surface area (Å²) >= 11 is 0. The van der Waals surface area contributed by atoms with Crippen molar-refractivity contribution in [3.05, 3.63) is 35.8 Å². The number of aryl methyl sites for hydroxylation is 2. The molecule has 0 aliphatic rings. The zero-order chi connectivity index (χ0) is 16.5. The molecule has 4 rings (SSSR count). The van der Waals surface area contributed by atoms with Crippen molar-refractivity contribution in [1.29, 1.82) is 0 Å². The Labute approximate surface area is 137 Å². The maximum Gasteiger partial charge on any atom is 0.163 e. The summed E-state index contributed by atoms with van der Waals surface area (Å²) in [7, 11) is 1.89. The lowest BCUT2D eigenvalue weighted by Crippen LogP contribution is -2.06. The Hall–Kier alpha value is -3.03. The van der Waals surface area contributed by atoms with E-state index in [-0.39, 0.29) is 0 Å². The van der Waals surface area contributed by atoms with Gasteiger partial charge in [-0.25, -0.2) is 14.6 Å². The first-order chi connectivity index (χ1) is 11.7. The van der Waals surface area contributed by atoms with Gasteiger partial charge >= 0.3 is 0 Å². The maximum absolute atomic E-state index is 4.73. The van der Waals surface area contributed by atoms with E-state index in [9.17, 15) is 0 Å². The molecular weight excluding hydrogens is 306 g/mol. The molecule has 4 aromatic rings. The van der Waals surface area contributed by atoms with Gasteiger partial charge in [0.1, 0.15) is 22.7 Å². The van der Waals surface area contributed by atoms with E-state index in [0.717, 1.165) is 52.1 Å². The molecule has 0 atom stereocenters. The van der Waals surface area contributed by atoms with Crippen LogP contribution in [0.4, 0.5) is 5.82 Å². The molecule has 0 saturated carbocycles. The highest BCUT2D eigenvalue weighted by atomic mass is 16.6. The summed E-state index contributed by atoms with van der Waals surface area (Å²) in [6.07, 6.45) is 3.63. The van der Waals surface area contributed by atoms with Crippen molar-refractivity contribution >= 4 is 27.9 Å². The van der Waals surface area contributed by atoms with E-state index in [2.05, 4.69) is 37.6 Å². The first-order valence-electron chi connectivity index (χ1n) is 7.88. The molecule has 0 fully saturated rings. The van der Waals surface area contributed by atoms with Crippen LogP contribution in [0.5, 0.6) is 0 Å². The van der Waals surface area contributed by atoms with Crippen molar-refractivity contribution in [3.63, 3.8) is 0 Å². The van der Waals surface area contributed by atoms with Gasteiger partial charge in [0.05, 0.1) is 11.6 Å². The van der Waals surface area contributed by atoms with Crippen molar-refractivity contribution in [3.8, 4) is 0 Å². The zero-order valence-electron chi connectivity index (χ0n) is 13.5. The molecular formula is C16H17N7O. The van der Waals surface area contributed by atoms with Crippen LogP contribution in [-0.2, 0) is 20.0 Å². The Morgan fingerprint density at radius 3 is 2.92 bits per heavy atom. The first-order valence-corrected chi connectivity index (χ1v) is 7.88. The minimum atomic E-state index is 0.620. The first kappa shape index (κ1) is 14.6. The normalized spacial score (nSPS) is 11.4. The molecule has 24 heavy (non-hydrogen) atoms. The van der Waals surface area contributed by atoms with Gasteiger partial charge in [0.25, 0.3) is 0 Å². The summed E-state index contributed by atoms with van der Waals surface area (Å²) in [6.45, 7) is 2.74. The molecule has 122 valence electrons. The van der Waals surface area contributed by atoms with Crippen LogP contribution < -0.4 is 5.32 Å². The Balaban J connectivity index is 1.65. The Kier molecular flexibility index (Phi) is 3.56. The van der Waals surface area contributed by atoms with Crippen LogP contribution >= 0.6 is 0 Å². The van der Waals surface area contributed by atoms with Crippen LogP contribution in [0.15, 0.2) is 29.0 Å². The fourth-order valence-electron chi connectivity index (χ4n) is 2.66. The molecule has 3 heterocycles. The van der Waals surface area contributed by atoms with Crippen LogP contribution in [0.3, 0.4) is 0 Å². The predicted molar refractivity (Wildman–Crippen MR) is 89.4 cm³/mol. The molecule has 3 aromatic heterocycles. The van der Waals surface area contributed by atoms with E-state index in [0.29, 0.717) is 6.54 Å². The third-order valence-corrected chi connectivity index (χ3v) is 3.89. The average Bonchev–Trinajstić information content (AvgIpc) is 3.20. The monoisotopic (exact) mass is 323 g/mol. The molecule has 1 aromatic carbocycles. The second-order valence-electron chi connectivity index (χ2n) is 5.68. The van der Waals surface area contributed by atoms with E-state index >= 15 is 0 Å². The van der Waals surface area contributed by atoms with Crippen molar-refractivity contribution in [2.24, 2.45) is 7.05 Å². The van der Waals surface area contributed by atoms with Crippen molar-refractivity contribution < 1.29 is 4.63 Å². The molecule has 8 nitrogen and oxygen atoms in total. The molecule has 8 heteroatoms. The quantitative estimate of drug-likeness (QED) is 0.603. The van der Waals surface area contributed by atoms with Crippen LogP contribution in [0.2, 0.25) is 0 Å². The molecule has 1 N–H and O–H groups in total. The highest BCUT2D eigenvalue weighted by molar-refractivity contribution is 5.86. The third-order valence-electron chi connectivity index (χ3n) is 3.89. The topological polar surface area (TPSA) is 94.5 Å². The summed E-state index contributed by atoms with van der Waals surface area (Å²) in [5.74, 6) is 1.63. The molecule has 0 unspecified atom stereocenters. The van der Waals surface area contributed by atoms with Crippen molar-refractivity contribution in [2.45, 2.75) is 26.3 Å². The zero-order valence-corrected chi connectivity index (χ0v) is 13.5. The molecule has 0 aliphatic carbocycles. The van der Waals surface area contributed by atoms with Gasteiger partial charge in [0, 0.05) is 20.0 Å². The van der Waals surface area contributed by atoms with E-state index in [4.69, 9.17) is 4.63 Å². The molecule has 0 bridgehead atoms. The van der Waals surface area contributed by atoms with Gasteiger partial charge < -0.3 is 5.32 Å². The van der Waals surface area contributed by atoms with Gasteiger partial charge in [-0.2, -0.15) is 5.10 Å². The average molecular weight is 323 g/mol. The second kappa shape index (κ2) is 5.88. The summed E-state index contributed by atoms with van der Waals surface area (Å²) in [6, 6.07) is 5.84. The number of aromatic nitrogens is 6. The predicted octanol–water partition coefficient (Wildman–Crippen LogP) is 2.46. The van der Waals surface area contributed by atoms with E-state index in [1.165, 1.54) is 0 Å². The summed E-state index contributed by atoms with van der Waals surface area (Å²) in [4.78, 5) is 9.24. The molecule has 0 amide bonds. The maximum atomic E-state index is 4.73. The van der Waals surface area contributed by atoms with Gasteiger partial charge in [-0.15, -0.1) is 0 Å². The molecule has 0 radical (unpaired) electrons. The van der Waals surface area contributed by atoms with Crippen LogP contribution in [-0.4, -0.2) is 30.1 Å². The van der Waals surface area contributed by atoms with E-state index < -0.39 is 0 Å². The number of nitrogens with one attached hydrogen (secondary N) is 1. The van der Waals surface area contributed by atoms with Crippen molar-refractivity contribution in [1.82, 2.24) is 30.1 Å². The molecule has 0 aliphatic heterocycles. The number of fused-ring (bicyclic) bond motifs is 2. The number of benzene rings is 1. The molecule has 0 spiro atoms. The largest absolute Gasteiger partial charge is 0.365 e. The van der Waals surface area contributed by atoms with Gasteiger partial charge in [-0.1, -0.05) is 13.0 Å². The Morgan fingerprint density at radius 1 is 1.17 bits per heavy atom. The van der Waals surface area contributed by atoms with Crippen LogP contribution in [0.25, 0.3) is 22.1 Å². The van der Waals surface area contributed by atoms with E-state index in [1.807, 2.05) is 25.2 Å². The number of anilines is 1.